The molecule has 0 amide bonds. The molecule has 0 spiro atoms. The summed E-state index contributed by atoms with van der Waals surface area (Å²) in [7, 11) is 0.328. The highest BCUT2D eigenvalue weighted by molar-refractivity contribution is 7.91. The summed E-state index contributed by atoms with van der Waals surface area (Å²) in [4.78, 5) is 14.2. The first-order chi connectivity index (χ1) is 15.3. The molecule has 0 aliphatic rings. The summed E-state index contributed by atoms with van der Waals surface area (Å²) in [6.45, 7) is 2.49. The van der Waals surface area contributed by atoms with Gasteiger partial charge in [0, 0.05) is 40.7 Å². The molecule has 0 aliphatic heterocycles. The van der Waals surface area contributed by atoms with Gasteiger partial charge in [-0.1, -0.05) is 6.07 Å². The van der Waals surface area contributed by atoms with Gasteiger partial charge in [0.25, 0.3) is 0 Å². The Bertz CT molecular complexity index is 1350. The van der Waals surface area contributed by atoms with Crippen LogP contribution in [-0.4, -0.2) is 54.7 Å². The second-order valence-electron chi connectivity index (χ2n) is 7.92. The van der Waals surface area contributed by atoms with Crippen molar-refractivity contribution in [3.05, 3.63) is 66.5 Å². The molecule has 32 heavy (non-hydrogen) atoms. The Morgan fingerprint density at radius 3 is 2.62 bits per heavy atom. The van der Waals surface area contributed by atoms with Gasteiger partial charge in [0.2, 0.25) is 5.95 Å². The number of nitrogens with zero attached hydrogens (tertiary/aromatic N) is 3. The highest BCUT2D eigenvalue weighted by Crippen LogP contribution is 2.23. The van der Waals surface area contributed by atoms with Crippen molar-refractivity contribution in [2.75, 3.05) is 37.0 Å². The molecule has 2 aromatic carbocycles. The molecule has 166 valence electrons. The zero-order chi connectivity index (χ0) is 22.7. The van der Waals surface area contributed by atoms with Crippen molar-refractivity contribution < 1.29 is 8.42 Å². The molecule has 0 bridgehead atoms. The lowest BCUT2D eigenvalue weighted by Gasteiger charge is -2.12. The van der Waals surface area contributed by atoms with Gasteiger partial charge in [-0.15, -0.1) is 0 Å². The van der Waals surface area contributed by atoms with Gasteiger partial charge in [-0.05, 0) is 69.6 Å². The van der Waals surface area contributed by atoms with Crippen molar-refractivity contribution in [2.24, 2.45) is 0 Å². The Labute approximate surface area is 187 Å². The molecule has 2 heterocycles. The van der Waals surface area contributed by atoms with Crippen molar-refractivity contribution in [3.63, 3.8) is 0 Å². The van der Waals surface area contributed by atoms with Gasteiger partial charge in [0.05, 0.1) is 10.6 Å². The SMILES string of the molecule is Cc1cc2cc(Nc3ccnc(Nc4cccc(S(=O)(=O)CCN(C)C)c4)n3)ccc2[nH]1. The van der Waals surface area contributed by atoms with Gasteiger partial charge in [-0.3, -0.25) is 0 Å². The Balaban J connectivity index is 1.50. The third-order valence-corrected chi connectivity index (χ3v) is 6.63. The molecule has 2 aromatic heterocycles. The number of aromatic amines is 1. The molecule has 4 rings (SSSR count). The van der Waals surface area contributed by atoms with Gasteiger partial charge >= 0.3 is 0 Å². The quantitative estimate of drug-likeness (QED) is 0.371. The van der Waals surface area contributed by atoms with E-state index in [-0.39, 0.29) is 10.6 Å². The average molecular weight is 451 g/mol. The minimum absolute atomic E-state index is 0.0599. The molecule has 9 heteroatoms. The number of hydrogen-bond acceptors (Lipinski definition) is 7. The van der Waals surface area contributed by atoms with Crippen LogP contribution in [0.2, 0.25) is 0 Å². The number of benzene rings is 2. The number of hydrogen-bond donors (Lipinski definition) is 3. The minimum atomic E-state index is -3.37. The summed E-state index contributed by atoms with van der Waals surface area (Å²) in [5.74, 6) is 1.06. The zero-order valence-corrected chi connectivity index (χ0v) is 19.1. The van der Waals surface area contributed by atoms with Gasteiger partial charge in [-0.25, -0.2) is 13.4 Å². The van der Waals surface area contributed by atoms with E-state index in [9.17, 15) is 8.42 Å². The van der Waals surface area contributed by atoms with Crippen molar-refractivity contribution in [3.8, 4) is 0 Å². The van der Waals surface area contributed by atoms with Crippen LogP contribution < -0.4 is 10.6 Å². The van der Waals surface area contributed by atoms with Crippen molar-refractivity contribution in [1.82, 2.24) is 19.9 Å². The van der Waals surface area contributed by atoms with E-state index in [1.807, 2.05) is 38.1 Å². The number of aryl methyl sites for hydroxylation is 1. The van der Waals surface area contributed by atoms with Crippen LogP contribution in [0.15, 0.2) is 65.7 Å². The van der Waals surface area contributed by atoms with Gasteiger partial charge < -0.3 is 20.5 Å². The molecule has 4 aromatic rings. The van der Waals surface area contributed by atoms with E-state index in [4.69, 9.17) is 0 Å². The second-order valence-corrected chi connectivity index (χ2v) is 10.0. The predicted octanol–water partition coefficient (Wildman–Crippen LogP) is 4.09. The molecule has 0 aliphatic carbocycles. The first kappa shape index (κ1) is 21.8. The topological polar surface area (TPSA) is 103 Å². The smallest absolute Gasteiger partial charge is 0.229 e. The molecular weight excluding hydrogens is 424 g/mol. The van der Waals surface area contributed by atoms with Crippen LogP contribution in [0.25, 0.3) is 10.9 Å². The van der Waals surface area contributed by atoms with E-state index in [0.717, 1.165) is 22.3 Å². The third-order valence-electron chi connectivity index (χ3n) is 4.94. The first-order valence-corrected chi connectivity index (χ1v) is 11.9. The zero-order valence-electron chi connectivity index (χ0n) is 18.3. The maximum absolute atomic E-state index is 12.6. The summed E-state index contributed by atoms with van der Waals surface area (Å²) >= 11 is 0. The third kappa shape index (κ3) is 5.24. The highest BCUT2D eigenvalue weighted by atomic mass is 32.2. The van der Waals surface area contributed by atoms with Crippen LogP contribution in [0.4, 0.5) is 23.1 Å². The normalized spacial score (nSPS) is 11.8. The molecular formula is C23H26N6O2S. The maximum atomic E-state index is 12.6. The first-order valence-electron chi connectivity index (χ1n) is 10.2. The molecule has 0 atom stereocenters. The number of sulfone groups is 1. The largest absolute Gasteiger partial charge is 0.359 e. The summed E-state index contributed by atoms with van der Waals surface area (Å²) in [5, 5.41) is 7.50. The van der Waals surface area contributed by atoms with Crippen molar-refractivity contribution in [2.45, 2.75) is 11.8 Å². The number of H-pyrrole nitrogens is 1. The highest BCUT2D eigenvalue weighted by Gasteiger charge is 2.15. The lowest BCUT2D eigenvalue weighted by Crippen LogP contribution is -2.22. The number of anilines is 4. The molecule has 8 nitrogen and oxygen atoms in total. The fraction of sp³-hybridized carbons (Fsp3) is 0.217. The standard InChI is InChI=1S/C23H26N6O2S/c1-16-13-17-14-19(7-8-21(17)25-16)26-22-9-10-24-23(28-22)27-18-5-4-6-20(15-18)32(30,31)12-11-29(2)3/h4-10,13-15,25H,11-12H2,1-3H3,(H2,24,26,27,28). The van der Waals surface area contributed by atoms with E-state index in [1.165, 1.54) is 0 Å². The second kappa shape index (κ2) is 8.97. The minimum Gasteiger partial charge on any atom is -0.359 e. The van der Waals surface area contributed by atoms with E-state index < -0.39 is 9.84 Å². The molecule has 0 fully saturated rings. The van der Waals surface area contributed by atoms with Crippen LogP contribution in [0, 0.1) is 6.92 Å². The monoisotopic (exact) mass is 450 g/mol. The summed E-state index contributed by atoms with van der Waals surface area (Å²) < 4.78 is 25.2. The van der Waals surface area contributed by atoms with Crippen LogP contribution in [0.1, 0.15) is 5.69 Å². The summed E-state index contributed by atoms with van der Waals surface area (Å²) in [5.41, 5.74) is 3.71. The fourth-order valence-corrected chi connectivity index (χ4v) is 4.74. The Morgan fingerprint density at radius 2 is 1.81 bits per heavy atom. The summed E-state index contributed by atoms with van der Waals surface area (Å²) in [6.07, 6.45) is 1.65. The average Bonchev–Trinajstić information content (AvgIpc) is 3.12. The predicted molar refractivity (Wildman–Crippen MR) is 129 cm³/mol. The van der Waals surface area contributed by atoms with E-state index >= 15 is 0 Å². The van der Waals surface area contributed by atoms with Crippen molar-refractivity contribution >= 4 is 43.9 Å². The fourth-order valence-electron chi connectivity index (χ4n) is 3.31. The van der Waals surface area contributed by atoms with Crippen LogP contribution >= 0.6 is 0 Å². The Morgan fingerprint density at radius 1 is 1.00 bits per heavy atom. The van der Waals surface area contributed by atoms with Crippen LogP contribution in [-0.2, 0) is 9.84 Å². The number of aromatic nitrogens is 3. The number of nitrogens with one attached hydrogen (secondary N) is 3. The van der Waals surface area contributed by atoms with E-state index in [2.05, 4.69) is 37.7 Å². The molecule has 0 saturated carbocycles. The lowest BCUT2D eigenvalue weighted by molar-refractivity contribution is 0.432. The van der Waals surface area contributed by atoms with Gasteiger partial charge in [-0.2, -0.15) is 4.98 Å². The summed E-state index contributed by atoms with van der Waals surface area (Å²) in [6, 6.07) is 16.6. The maximum Gasteiger partial charge on any atom is 0.229 e. The van der Waals surface area contributed by atoms with Crippen LogP contribution in [0.5, 0.6) is 0 Å². The molecule has 0 saturated heterocycles. The Kier molecular flexibility index (Phi) is 6.11. The van der Waals surface area contributed by atoms with Crippen LogP contribution in [0.3, 0.4) is 0 Å². The number of rotatable bonds is 8. The van der Waals surface area contributed by atoms with Gasteiger partial charge in [0.15, 0.2) is 9.84 Å². The van der Waals surface area contributed by atoms with Gasteiger partial charge in [0.1, 0.15) is 5.82 Å². The lowest BCUT2D eigenvalue weighted by atomic mass is 10.2. The van der Waals surface area contributed by atoms with E-state index in [0.29, 0.717) is 24.0 Å². The molecule has 3 N–H and O–H groups in total. The van der Waals surface area contributed by atoms with Crippen molar-refractivity contribution in [1.29, 1.82) is 0 Å². The molecule has 0 radical (unpaired) electrons. The van der Waals surface area contributed by atoms with E-state index in [1.54, 1.807) is 36.5 Å². The Hall–Kier alpha value is -3.43. The number of fused-ring (bicyclic) bond motifs is 1. The molecule has 0 unspecified atom stereocenters.